The van der Waals surface area contributed by atoms with Crippen molar-refractivity contribution in [2.45, 2.75) is 76.0 Å². The molecule has 2 heterocycles. The molecule has 2 aromatic rings. The summed E-state index contributed by atoms with van der Waals surface area (Å²) in [6, 6.07) is 5.08. The Balaban J connectivity index is 1.39. The van der Waals surface area contributed by atoms with Crippen molar-refractivity contribution in [3.63, 3.8) is 0 Å². The summed E-state index contributed by atoms with van der Waals surface area (Å²) in [4.78, 5) is 21.5. The summed E-state index contributed by atoms with van der Waals surface area (Å²) in [6.07, 6.45) is 5.41. The van der Waals surface area contributed by atoms with Crippen LogP contribution >= 0.6 is 0 Å². The van der Waals surface area contributed by atoms with E-state index in [1.165, 1.54) is 12.4 Å². The highest BCUT2D eigenvalue weighted by Gasteiger charge is 2.40. The minimum Gasteiger partial charge on any atom is -0.373 e. The van der Waals surface area contributed by atoms with Crippen LogP contribution in [0.5, 0.6) is 0 Å². The van der Waals surface area contributed by atoms with Crippen LogP contribution in [0.25, 0.3) is 0 Å². The molecule has 1 unspecified atom stereocenters. The van der Waals surface area contributed by atoms with Crippen LogP contribution in [-0.2, 0) is 34.8 Å². The number of alkyl halides is 2. The van der Waals surface area contributed by atoms with E-state index in [1.807, 2.05) is 13.0 Å². The molecule has 1 amide bonds. The molecule has 2 fully saturated rings. The summed E-state index contributed by atoms with van der Waals surface area (Å²) in [5.74, 6) is -2.21. The van der Waals surface area contributed by atoms with Gasteiger partial charge in [0.05, 0.1) is 18.2 Å². The SMILES string of the molecule is CC1(NC(=O)Cc2ncnc(NCc3cccc4c3CCC4(F)F)c2C2CCCO2)CC1. The van der Waals surface area contributed by atoms with E-state index in [-0.39, 0.29) is 36.0 Å². The van der Waals surface area contributed by atoms with Crippen LogP contribution in [0.15, 0.2) is 24.5 Å². The van der Waals surface area contributed by atoms with E-state index < -0.39 is 5.92 Å². The first kappa shape index (κ1) is 21.2. The molecule has 1 atom stereocenters. The topological polar surface area (TPSA) is 76.1 Å². The molecular formula is C24H28F2N4O2. The molecule has 2 aliphatic carbocycles. The van der Waals surface area contributed by atoms with Crippen LogP contribution in [0.4, 0.5) is 14.6 Å². The van der Waals surface area contributed by atoms with Crippen molar-refractivity contribution < 1.29 is 18.3 Å². The summed E-state index contributed by atoms with van der Waals surface area (Å²) in [7, 11) is 0. The number of halogens is 2. The predicted molar refractivity (Wildman–Crippen MR) is 115 cm³/mol. The summed E-state index contributed by atoms with van der Waals surface area (Å²) in [6.45, 7) is 3.07. The monoisotopic (exact) mass is 442 g/mol. The maximum absolute atomic E-state index is 14.1. The molecule has 0 spiro atoms. The Morgan fingerprint density at radius 3 is 2.84 bits per heavy atom. The van der Waals surface area contributed by atoms with Gasteiger partial charge in [-0.3, -0.25) is 4.79 Å². The maximum atomic E-state index is 14.1. The average Bonchev–Trinajstić information content (AvgIpc) is 3.14. The fourth-order valence-corrected chi connectivity index (χ4v) is 4.74. The first-order chi connectivity index (χ1) is 15.3. The highest BCUT2D eigenvalue weighted by molar-refractivity contribution is 5.80. The van der Waals surface area contributed by atoms with Gasteiger partial charge in [-0.25, -0.2) is 18.7 Å². The molecule has 5 rings (SSSR count). The van der Waals surface area contributed by atoms with E-state index in [1.54, 1.807) is 6.07 Å². The van der Waals surface area contributed by atoms with Gasteiger partial charge in [0.15, 0.2) is 0 Å². The molecule has 8 heteroatoms. The van der Waals surface area contributed by atoms with E-state index in [4.69, 9.17) is 4.74 Å². The second-order valence-electron chi connectivity index (χ2n) is 9.37. The molecule has 0 radical (unpaired) electrons. The van der Waals surface area contributed by atoms with Crippen molar-refractivity contribution in [1.82, 2.24) is 15.3 Å². The van der Waals surface area contributed by atoms with Gasteiger partial charge in [0.2, 0.25) is 5.91 Å². The number of fused-ring (bicyclic) bond motifs is 1. The lowest BCUT2D eigenvalue weighted by molar-refractivity contribution is -0.121. The van der Waals surface area contributed by atoms with E-state index in [0.29, 0.717) is 31.1 Å². The molecule has 1 aromatic heterocycles. The molecule has 1 aromatic carbocycles. The number of amides is 1. The van der Waals surface area contributed by atoms with E-state index in [9.17, 15) is 13.6 Å². The Hall–Kier alpha value is -2.61. The van der Waals surface area contributed by atoms with Gasteiger partial charge in [-0.2, -0.15) is 0 Å². The van der Waals surface area contributed by atoms with E-state index in [0.717, 1.165) is 42.4 Å². The smallest absolute Gasteiger partial charge is 0.273 e. The lowest BCUT2D eigenvalue weighted by Crippen LogP contribution is -2.35. The molecule has 0 bridgehead atoms. The second kappa shape index (κ2) is 8.06. The quantitative estimate of drug-likeness (QED) is 0.673. The van der Waals surface area contributed by atoms with Crippen LogP contribution in [0, 0.1) is 0 Å². The highest BCUT2D eigenvalue weighted by atomic mass is 19.3. The Morgan fingerprint density at radius 2 is 2.09 bits per heavy atom. The molecule has 3 aliphatic rings. The number of nitrogens with zero attached hydrogens (tertiary/aromatic N) is 2. The van der Waals surface area contributed by atoms with Crippen molar-refractivity contribution in [3.05, 3.63) is 52.5 Å². The number of carbonyl (C=O) groups is 1. The average molecular weight is 443 g/mol. The van der Waals surface area contributed by atoms with Gasteiger partial charge in [0.25, 0.3) is 5.92 Å². The molecule has 1 saturated carbocycles. The number of rotatable bonds is 7. The van der Waals surface area contributed by atoms with Crippen LogP contribution in [0.3, 0.4) is 0 Å². The normalized spacial score (nSPS) is 22.4. The third-order valence-corrected chi connectivity index (χ3v) is 6.79. The number of anilines is 1. The van der Waals surface area contributed by atoms with Crippen molar-refractivity contribution in [1.29, 1.82) is 0 Å². The minimum absolute atomic E-state index is 0.0583. The van der Waals surface area contributed by atoms with Crippen molar-refractivity contribution in [2.24, 2.45) is 0 Å². The van der Waals surface area contributed by atoms with Gasteiger partial charge in [0, 0.05) is 36.2 Å². The Bertz CT molecular complexity index is 1030. The number of carbonyl (C=O) groups excluding carboxylic acids is 1. The van der Waals surface area contributed by atoms with Crippen LogP contribution in [0.1, 0.15) is 73.1 Å². The highest BCUT2D eigenvalue weighted by Crippen LogP contribution is 2.43. The number of benzene rings is 1. The summed E-state index contributed by atoms with van der Waals surface area (Å²) < 4.78 is 34.2. The fourth-order valence-electron chi connectivity index (χ4n) is 4.74. The molecule has 1 aliphatic heterocycles. The fraction of sp³-hybridized carbons (Fsp3) is 0.542. The van der Waals surface area contributed by atoms with E-state index in [2.05, 4.69) is 20.6 Å². The molecule has 6 nitrogen and oxygen atoms in total. The van der Waals surface area contributed by atoms with Crippen molar-refractivity contribution in [2.75, 3.05) is 11.9 Å². The zero-order valence-corrected chi connectivity index (χ0v) is 18.2. The van der Waals surface area contributed by atoms with Crippen LogP contribution < -0.4 is 10.6 Å². The number of ether oxygens (including phenoxy) is 1. The second-order valence-corrected chi connectivity index (χ2v) is 9.37. The molecule has 32 heavy (non-hydrogen) atoms. The Labute approximate surface area is 186 Å². The van der Waals surface area contributed by atoms with Gasteiger partial charge in [-0.15, -0.1) is 0 Å². The molecule has 170 valence electrons. The lowest BCUT2D eigenvalue weighted by atomic mass is 10.0. The van der Waals surface area contributed by atoms with Gasteiger partial charge in [-0.1, -0.05) is 18.2 Å². The van der Waals surface area contributed by atoms with Gasteiger partial charge in [-0.05, 0) is 50.2 Å². The first-order valence-corrected chi connectivity index (χ1v) is 11.3. The first-order valence-electron chi connectivity index (χ1n) is 11.3. The van der Waals surface area contributed by atoms with E-state index >= 15 is 0 Å². The predicted octanol–water partition coefficient (Wildman–Crippen LogP) is 4.19. The third kappa shape index (κ3) is 4.20. The summed E-state index contributed by atoms with van der Waals surface area (Å²) in [5, 5.41) is 6.41. The van der Waals surface area contributed by atoms with Crippen molar-refractivity contribution in [3.8, 4) is 0 Å². The zero-order valence-electron chi connectivity index (χ0n) is 18.2. The minimum atomic E-state index is -2.76. The van der Waals surface area contributed by atoms with Gasteiger partial charge >= 0.3 is 0 Å². The number of hydrogen-bond acceptors (Lipinski definition) is 5. The van der Waals surface area contributed by atoms with Gasteiger partial charge < -0.3 is 15.4 Å². The molecule has 1 saturated heterocycles. The van der Waals surface area contributed by atoms with Crippen LogP contribution in [-0.4, -0.2) is 28.0 Å². The number of nitrogens with one attached hydrogen (secondary N) is 2. The van der Waals surface area contributed by atoms with Crippen LogP contribution in [0.2, 0.25) is 0 Å². The molecule has 2 N–H and O–H groups in total. The number of hydrogen-bond donors (Lipinski definition) is 2. The molecular weight excluding hydrogens is 414 g/mol. The summed E-state index contributed by atoms with van der Waals surface area (Å²) >= 11 is 0. The third-order valence-electron chi connectivity index (χ3n) is 6.79. The Morgan fingerprint density at radius 1 is 1.25 bits per heavy atom. The standard InChI is InChI=1S/C24H28F2N4O2/c1-23(9-10-23)30-20(31)12-18-21(19-6-3-11-32-19)22(29-14-28-18)27-13-15-4-2-5-17-16(15)7-8-24(17,25)26/h2,4-5,14,19H,3,6-13H2,1H3,(H,30,31)(H,27,28,29). The van der Waals surface area contributed by atoms with Gasteiger partial charge in [0.1, 0.15) is 12.1 Å². The number of aromatic nitrogens is 2. The lowest BCUT2D eigenvalue weighted by Gasteiger charge is -2.20. The maximum Gasteiger partial charge on any atom is 0.273 e. The Kier molecular flexibility index (Phi) is 5.35. The largest absolute Gasteiger partial charge is 0.373 e. The zero-order chi connectivity index (χ0) is 22.3. The van der Waals surface area contributed by atoms with Crippen molar-refractivity contribution >= 4 is 11.7 Å². The summed E-state index contributed by atoms with van der Waals surface area (Å²) in [5.41, 5.74) is 3.06.